The summed E-state index contributed by atoms with van der Waals surface area (Å²) in [5.74, 6) is 0.909. The monoisotopic (exact) mass is 320 g/mol. The fourth-order valence-corrected chi connectivity index (χ4v) is 3.78. The normalized spacial score (nSPS) is 20.5. The summed E-state index contributed by atoms with van der Waals surface area (Å²) in [5, 5.41) is 8.13. The highest BCUT2D eigenvalue weighted by molar-refractivity contribution is 7.12. The van der Waals surface area contributed by atoms with Gasteiger partial charge in [0.2, 0.25) is 0 Å². The average Bonchev–Trinajstić information content (AvgIpc) is 3.07. The van der Waals surface area contributed by atoms with Crippen molar-refractivity contribution in [3.8, 4) is 0 Å². The molecule has 6 heteroatoms. The standard InChI is InChI=1S/C16H24N4OS/c1-16(2,3)14-6-5-12(22-14)9-20-7-8-21-13(10-20)15-18-17-11-19(15)4/h5-6,11,13H,7-10H2,1-4H3/t13-/m0/s1. The molecule has 0 radical (unpaired) electrons. The molecule has 0 bridgehead atoms. The van der Waals surface area contributed by atoms with Crippen LogP contribution in [-0.4, -0.2) is 39.4 Å². The molecule has 1 fully saturated rings. The van der Waals surface area contributed by atoms with Crippen molar-refractivity contribution >= 4 is 11.3 Å². The number of aryl methyl sites for hydroxylation is 1. The fraction of sp³-hybridized carbons (Fsp3) is 0.625. The maximum atomic E-state index is 5.87. The summed E-state index contributed by atoms with van der Waals surface area (Å²) in [4.78, 5) is 5.31. The molecule has 0 saturated carbocycles. The molecule has 1 atom stereocenters. The van der Waals surface area contributed by atoms with E-state index in [1.54, 1.807) is 6.33 Å². The molecule has 1 saturated heterocycles. The lowest BCUT2D eigenvalue weighted by molar-refractivity contribution is -0.0382. The Morgan fingerprint density at radius 2 is 2.18 bits per heavy atom. The van der Waals surface area contributed by atoms with Crippen molar-refractivity contribution in [3.05, 3.63) is 34.0 Å². The largest absolute Gasteiger partial charge is 0.368 e. The number of thiophene rings is 1. The first-order valence-corrected chi connectivity index (χ1v) is 8.52. The van der Waals surface area contributed by atoms with Crippen LogP contribution in [0.5, 0.6) is 0 Å². The number of morpholine rings is 1. The Hall–Kier alpha value is -1.24. The third-order valence-corrected chi connectivity index (χ3v) is 5.46. The second-order valence-corrected chi connectivity index (χ2v) is 8.08. The first-order chi connectivity index (χ1) is 10.4. The quantitative estimate of drug-likeness (QED) is 0.872. The van der Waals surface area contributed by atoms with E-state index in [0.717, 1.165) is 32.1 Å². The Labute approximate surface area is 135 Å². The van der Waals surface area contributed by atoms with Crippen LogP contribution in [0.1, 0.15) is 42.5 Å². The number of nitrogens with zero attached hydrogens (tertiary/aromatic N) is 4. The van der Waals surface area contributed by atoms with E-state index in [2.05, 4.69) is 48.0 Å². The highest BCUT2D eigenvalue weighted by atomic mass is 32.1. The average molecular weight is 320 g/mol. The Morgan fingerprint density at radius 1 is 1.36 bits per heavy atom. The van der Waals surface area contributed by atoms with Crippen LogP contribution in [0.25, 0.3) is 0 Å². The SMILES string of the molecule is Cn1cnnc1[C@@H]1CN(Cc2ccc(C(C)(C)C)s2)CCO1. The number of hydrogen-bond donors (Lipinski definition) is 0. The lowest BCUT2D eigenvalue weighted by atomic mass is 9.95. The van der Waals surface area contributed by atoms with Crippen molar-refractivity contribution in [2.75, 3.05) is 19.7 Å². The van der Waals surface area contributed by atoms with Crippen LogP contribution >= 0.6 is 11.3 Å². The van der Waals surface area contributed by atoms with Crippen LogP contribution in [-0.2, 0) is 23.7 Å². The van der Waals surface area contributed by atoms with Gasteiger partial charge in [0.25, 0.3) is 0 Å². The predicted octanol–water partition coefficient (Wildman–Crippen LogP) is 2.75. The predicted molar refractivity (Wildman–Crippen MR) is 88.0 cm³/mol. The molecule has 0 amide bonds. The van der Waals surface area contributed by atoms with Gasteiger partial charge < -0.3 is 9.30 Å². The van der Waals surface area contributed by atoms with E-state index in [1.807, 2.05) is 23.0 Å². The topological polar surface area (TPSA) is 43.2 Å². The number of rotatable bonds is 3. The summed E-state index contributed by atoms with van der Waals surface area (Å²) in [6, 6.07) is 4.53. The number of hydrogen-bond acceptors (Lipinski definition) is 5. The first kappa shape index (κ1) is 15.6. The van der Waals surface area contributed by atoms with E-state index in [9.17, 15) is 0 Å². The highest BCUT2D eigenvalue weighted by Gasteiger charge is 2.26. The Kier molecular flexibility index (Phi) is 4.34. The molecule has 5 nitrogen and oxygen atoms in total. The zero-order chi connectivity index (χ0) is 15.7. The smallest absolute Gasteiger partial charge is 0.163 e. The van der Waals surface area contributed by atoms with Crippen molar-refractivity contribution < 1.29 is 4.74 Å². The third-order valence-electron chi connectivity index (χ3n) is 3.97. The van der Waals surface area contributed by atoms with Crippen LogP contribution in [0.15, 0.2) is 18.5 Å². The molecule has 2 aromatic rings. The van der Waals surface area contributed by atoms with Crippen LogP contribution in [0, 0.1) is 0 Å². The van der Waals surface area contributed by atoms with Gasteiger partial charge in [-0.05, 0) is 17.5 Å². The van der Waals surface area contributed by atoms with Crippen molar-refractivity contribution in [1.29, 1.82) is 0 Å². The van der Waals surface area contributed by atoms with E-state index in [0.29, 0.717) is 0 Å². The molecular formula is C16H24N4OS. The van der Waals surface area contributed by atoms with Gasteiger partial charge in [-0.1, -0.05) is 20.8 Å². The summed E-state index contributed by atoms with van der Waals surface area (Å²) in [5.41, 5.74) is 0.231. The van der Waals surface area contributed by atoms with Gasteiger partial charge in [-0.25, -0.2) is 0 Å². The van der Waals surface area contributed by atoms with Gasteiger partial charge in [-0.3, -0.25) is 4.90 Å². The van der Waals surface area contributed by atoms with Crippen molar-refractivity contribution in [2.24, 2.45) is 7.05 Å². The summed E-state index contributed by atoms with van der Waals surface area (Å²) < 4.78 is 7.81. The van der Waals surface area contributed by atoms with Gasteiger partial charge in [0.05, 0.1) is 6.61 Å². The van der Waals surface area contributed by atoms with E-state index in [4.69, 9.17) is 4.74 Å². The van der Waals surface area contributed by atoms with Gasteiger partial charge in [0.1, 0.15) is 12.4 Å². The van der Waals surface area contributed by atoms with Gasteiger partial charge in [0.15, 0.2) is 5.82 Å². The van der Waals surface area contributed by atoms with Gasteiger partial charge in [-0.15, -0.1) is 21.5 Å². The van der Waals surface area contributed by atoms with E-state index < -0.39 is 0 Å². The zero-order valence-corrected chi connectivity index (χ0v) is 14.6. The minimum Gasteiger partial charge on any atom is -0.368 e. The lowest BCUT2D eigenvalue weighted by Crippen LogP contribution is -2.38. The fourth-order valence-electron chi connectivity index (χ4n) is 2.67. The van der Waals surface area contributed by atoms with Crippen molar-refractivity contribution in [3.63, 3.8) is 0 Å². The highest BCUT2D eigenvalue weighted by Crippen LogP contribution is 2.30. The van der Waals surface area contributed by atoms with E-state index >= 15 is 0 Å². The molecule has 22 heavy (non-hydrogen) atoms. The maximum Gasteiger partial charge on any atom is 0.163 e. The van der Waals surface area contributed by atoms with Crippen LogP contribution in [0.4, 0.5) is 0 Å². The Bertz CT molecular complexity index is 628. The van der Waals surface area contributed by atoms with Crippen LogP contribution in [0.2, 0.25) is 0 Å². The molecular weight excluding hydrogens is 296 g/mol. The molecule has 3 rings (SSSR count). The van der Waals surface area contributed by atoms with Crippen LogP contribution in [0.3, 0.4) is 0 Å². The van der Waals surface area contributed by atoms with Gasteiger partial charge >= 0.3 is 0 Å². The molecule has 120 valence electrons. The second-order valence-electron chi connectivity index (χ2n) is 6.91. The molecule has 3 heterocycles. The molecule has 1 aliphatic heterocycles. The number of ether oxygens (including phenoxy) is 1. The summed E-state index contributed by atoms with van der Waals surface area (Å²) in [6.45, 7) is 10.4. The Morgan fingerprint density at radius 3 is 2.82 bits per heavy atom. The second kappa shape index (κ2) is 6.10. The van der Waals surface area contributed by atoms with E-state index in [1.165, 1.54) is 9.75 Å². The van der Waals surface area contributed by atoms with Gasteiger partial charge in [0, 0.05) is 36.4 Å². The molecule has 0 spiro atoms. The molecule has 0 unspecified atom stereocenters. The minimum atomic E-state index is 0.0169. The molecule has 0 N–H and O–H groups in total. The lowest BCUT2D eigenvalue weighted by Gasteiger charge is -2.31. The molecule has 0 aliphatic carbocycles. The van der Waals surface area contributed by atoms with E-state index in [-0.39, 0.29) is 11.5 Å². The van der Waals surface area contributed by atoms with Crippen LogP contribution < -0.4 is 0 Å². The van der Waals surface area contributed by atoms with Gasteiger partial charge in [-0.2, -0.15) is 0 Å². The third kappa shape index (κ3) is 3.39. The Balaban J connectivity index is 1.66. The first-order valence-electron chi connectivity index (χ1n) is 7.70. The minimum absolute atomic E-state index is 0.0169. The summed E-state index contributed by atoms with van der Waals surface area (Å²) >= 11 is 1.92. The zero-order valence-electron chi connectivity index (χ0n) is 13.7. The molecule has 0 aromatic carbocycles. The van der Waals surface area contributed by atoms with Crippen molar-refractivity contribution in [2.45, 2.75) is 38.8 Å². The summed E-state index contributed by atoms with van der Waals surface area (Å²) in [6.07, 6.45) is 1.75. The summed E-state index contributed by atoms with van der Waals surface area (Å²) in [7, 11) is 1.96. The maximum absolute atomic E-state index is 5.87. The van der Waals surface area contributed by atoms with Crippen molar-refractivity contribution in [1.82, 2.24) is 19.7 Å². The molecule has 1 aliphatic rings. The molecule has 2 aromatic heterocycles. The number of aromatic nitrogens is 3.